The number of halogens is 1. The quantitative estimate of drug-likeness (QED) is 0.910. The van der Waals surface area contributed by atoms with E-state index in [9.17, 15) is 0 Å². The minimum atomic E-state index is 0.191. The Bertz CT molecular complexity index is 558. The van der Waals surface area contributed by atoms with Gasteiger partial charge in [0.15, 0.2) is 0 Å². The highest BCUT2D eigenvalue weighted by molar-refractivity contribution is 9.10. The summed E-state index contributed by atoms with van der Waals surface area (Å²) in [5.41, 5.74) is 3.36. The molecule has 100 valence electrons. The molecule has 4 heteroatoms. The van der Waals surface area contributed by atoms with E-state index in [0.717, 1.165) is 21.5 Å². The Morgan fingerprint density at radius 1 is 1.26 bits per heavy atom. The van der Waals surface area contributed by atoms with Crippen LogP contribution in [0, 0.1) is 6.92 Å². The maximum atomic E-state index is 5.44. The fourth-order valence-corrected chi connectivity index (χ4v) is 2.56. The zero-order chi connectivity index (χ0) is 13.8. The number of nitrogens with one attached hydrogen (secondary N) is 1. The first kappa shape index (κ1) is 13.9. The summed E-state index contributed by atoms with van der Waals surface area (Å²) in [5.74, 6) is 0.841. The van der Waals surface area contributed by atoms with E-state index in [2.05, 4.69) is 46.1 Å². The van der Waals surface area contributed by atoms with Gasteiger partial charge >= 0.3 is 0 Å². The smallest absolute Gasteiger partial charge is 0.143 e. The second-order valence-electron chi connectivity index (χ2n) is 4.45. The number of aryl methyl sites for hydroxylation is 1. The van der Waals surface area contributed by atoms with Crippen LogP contribution in [0.2, 0.25) is 0 Å². The summed E-state index contributed by atoms with van der Waals surface area (Å²) < 4.78 is 6.46. The van der Waals surface area contributed by atoms with Crippen LogP contribution in [0.4, 0.5) is 5.69 Å². The Morgan fingerprint density at radius 2 is 1.95 bits per heavy atom. The summed E-state index contributed by atoms with van der Waals surface area (Å²) in [6, 6.07) is 8.26. The normalized spacial score (nSPS) is 12.0. The molecule has 0 saturated carbocycles. The molecule has 1 atom stereocenters. The molecule has 0 amide bonds. The van der Waals surface area contributed by atoms with Crippen molar-refractivity contribution >= 4 is 21.6 Å². The highest BCUT2D eigenvalue weighted by Crippen LogP contribution is 2.34. The number of nitrogens with zero attached hydrogens (tertiary/aromatic N) is 1. The van der Waals surface area contributed by atoms with Gasteiger partial charge in [-0.1, -0.05) is 15.9 Å². The van der Waals surface area contributed by atoms with Gasteiger partial charge in [-0.2, -0.15) is 0 Å². The molecule has 1 aromatic carbocycles. The molecule has 1 unspecified atom stereocenters. The number of benzene rings is 1. The van der Waals surface area contributed by atoms with Crippen LogP contribution < -0.4 is 10.1 Å². The van der Waals surface area contributed by atoms with E-state index in [4.69, 9.17) is 4.74 Å². The minimum absolute atomic E-state index is 0.191. The minimum Gasteiger partial charge on any atom is -0.495 e. The lowest BCUT2D eigenvalue weighted by molar-refractivity contribution is 0.415. The van der Waals surface area contributed by atoms with Gasteiger partial charge in [-0.3, -0.25) is 4.98 Å². The predicted octanol–water partition coefficient (Wildman–Crippen LogP) is 4.33. The summed E-state index contributed by atoms with van der Waals surface area (Å²) in [5, 5.41) is 3.50. The standard InChI is InChI=1S/C15H17BrN2O/c1-10-8-13(16)9-14(19-3)15(10)18-11(2)12-4-6-17-7-5-12/h4-9,11,18H,1-3H3. The molecule has 1 heterocycles. The molecule has 0 aliphatic rings. The second kappa shape index (κ2) is 6.06. The van der Waals surface area contributed by atoms with Crippen LogP contribution in [0.3, 0.4) is 0 Å². The third-order valence-electron chi connectivity index (χ3n) is 3.05. The van der Waals surface area contributed by atoms with E-state index in [1.54, 1.807) is 19.5 Å². The fourth-order valence-electron chi connectivity index (χ4n) is 2.01. The first-order valence-electron chi connectivity index (χ1n) is 6.12. The topological polar surface area (TPSA) is 34.1 Å². The Hall–Kier alpha value is -1.55. The van der Waals surface area contributed by atoms with Crippen molar-refractivity contribution < 1.29 is 4.74 Å². The number of pyridine rings is 1. The van der Waals surface area contributed by atoms with Crippen molar-refractivity contribution in [3.63, 3.8) is 0 Å². The molecule has 0 fully saturated rings. The molecule has 3 nitrogen and oxygen atoms in total. The number of hydrogen-bond donors (Lipinski definition) is 1. The van der Waals surface area contributed by atoms with Crippen LogP contribution in [0.25, 0.3) is 0 Å². The van der Waals surface area contributed by atoms with Crippen LogP contribution in [0.5, 0.6) is 5.75 Å². The van der Waals surface area contributed by atoms with E-state index in [1.807, 2.05) is 18.2 Å². The van der Waals surface area contributed by atoms with Crippen LogP contribution >= 0.6 is 15.9 Å². The predicted molar refractivity (Wildman–Crippen MR) is 81.7 cm³/mol. The zero-order valence-corrected chi connectivity index (χ0v) is 12.9. The molecule has 1 aromatic heterocycles. The molecular weight excluding hydrogens is 304 g/mol. The Balaban J connectivity index is 2.28. The van der Waals surface area contributed by atoms with Gasteiger partial charge in [-0.15, -0.1) is 0 Å². The lowest BCUT2D eigenvalue weighted by atomic mass is 10.1. The van der Waals surface area contributed by atoms with Gasteiger partial charge in [0, 0.05) is 22.9 Å². The summed E-state index contributed by atoms with van der Waals surface area (Å²) in [4.78, 5) is 4.04. The van der Waals surface area contributed by atoms with E-state index < -0.39 is 0 Å². The van der Waals surface area contributed by atoms with Crippen LogP contribution in [-0.2, 0) is 0 Å². The molecule has 19 heavy (non-hydrogen) atoms. The van der Waals surface area contributed by atoms with E-state index in [1.165, 1.54) is 5.56 Å². The number of rotatable bonds is 4. The first-order valence-corrected chi connectivity index (χ1v) is 6.91. The molecule has 0 bridgehead atoms. The summed E-state index contributed by atoms with van der Waals surface area (Å²) in [7, 11) is 1.68. The summed E-state index contributed by atoms with van der Waals surface area (Å²) in [6.45, 7) is 4.19. The molecule has 2 aromatic rings. The van der Waals surface area contributed by atoms with E-state index in [-0.39, 0.29) is 6.04 Å². The van der Waals surface area contributed by atoms with Crippen molar-refractivity contribution in [1.82, 2.24) is 4.98 Å². The third-order valence-corrected chi connectivity index (χ3v) is 3.51. The second-order valence-corrected chi connectivity index (χ2v) is 5.36. The lowest BCUT2D eigenvalue weighted by Crippen LogP contribution is -2.09. The largest absolute Gasteiger partial charge is 0.495 e. The fraction of sp³-hybridized carbons (Fsp3) is 0.267. The van der Waals surface area contributed by atoms with Crippen molar-refractivity contribution in [2.24, 2.45) is 0 Å². The van der Waals surface area contributed by atoms with Crippen molar-refractivity contribution in [3.8, 4) is 5.75 Å². The average Bonchev–Trinajstić information content (AvgIpc) is 2.42. The van der Waals surface area contributed by atoms with Gasteiger partial charge in [0.2, 0.25) is 0 Å². The first-order chi connectivity index (χ1) is 9.11. The Kier molecular flexibility index (Phi) is 4.43. The van der Waals surface area contributed by atoms with Gasteiger partial charge in [0.1, 0.15) is 5.75 Å². The van der Waals surface area contributed by atoms with Gasteiger partial charge in [-0.05, 0) is 49.2 Å². The number of hydrogen-bond acceptors (Lipinski definition) is 3. The molecule has 1 N–H and O–H groups in total. The van der Waals surface area contributed by atoms with Crippen LogP contribution in [-0.4, -0.2) is 12.1 Å². The van der Waals surface area contributed by atoms with Crippen molar-refractivity contribution in [3.05, 3.63) is 52.3 Å². The Morgan fingerprint density at radius 3 is 2.58 bits per heavy atom. The van der Waals surface area contributed by atoms with Gasteiger partial charge in [-0.25, -0.2) is 0 Å². The van der Waals surface area contributed by atoms with E-state index in [0.29, 0.717) is 0 Å². The highest BCUT2D eigenvalue weighted by Gasteiger charge is 2.12. The molecule has 0 aliphatic heterocycles. The maximum Gasteiger partial charge on any atom is 0.143 e. The van der Waals surface area contributed by atoms with Crippen molar-refractivity contribution in [2.45, 2.75) is 19.9 Å². The van der Waals surface area contributed by atoms with Gasteiger partial charge in [0.05, 0.1) is 12.8 Å². The molecular formula is C15H17BrN2O. The van der Waals surface area contributed by atoms with Crippen LogP contribution in [0.1, 0.15) is 24.1 Å². The molecule has 0 spiro atoms. The molecule has 0 radical (unpaired) electrons. The SMILES string of the molecule is COc1cc(Br)cc(C)c1NC(C)c1ccncc1. The highest BCUT2D eigenvalue weighted by atomic mass is 79.9. The van der Waals surface area contributed by atoms with Crippen molar-refractivity contribution in [1.29, 1.82) is 0 Å². The lowest BCUT2D eigenvalue weighted by Gasteiger charge is -2.20. The monoisotopic (exact) mass is 320 g/mol. The average molecular weight is 321 g/mol. The van der Waals surface area contributed by atoms with Crippen molar-refractivity contribution in [2.75, 3.05) is 12.4 Å². The molecule has 0 aliphatic carbocycles. The maximum absolute atomic E-state index is 5.44. The molecule has 0 saturated heterocycles. The molecule has 2 rings (SSSR count). The Labute approximate surface area is 122 Å². The summed E-state index contributed by atoms with van der Waals surface area (Å²) >= 11 is 3.48. The summed E-state index contributed by atoms with van der Waals surface area (Å²) in [6.07, 6.45) is 3.61. The number of ether oxygens (including phenoxy) is 1. The van der Waals surface area contributed by atoms with Gasteiger partial charge < -0.3 is 10.1 Å². The van der Waals surface area contributed by atoms with E-state index >= 15 is 0 Å². The number of methoxy groups -OCH3 is 1. The number of anilines is 1. The van der Waals surface area contributed by atoms with Gasteiger partial charge in [0.25, 0.3) is 0 Å². The van der Waals surface area contributed by atoms with Crippen LogP contribution in [0.15, 0.2) is 41.1 Å². The number of aromatic nitrogens is 1. The third kappa shape index (κ3) is 3.26. The zero-order valence-electron chi connectivity index (χ0n) is 11.3.